The molecule has 104 valence electrons. The summed E-state index contributed by atoms with van der Waals surface area (Å²) < 4.78 is 6.90. The Hall–Kier alpha value is -1.63. The van der Waals surface area contributed by atoms with Gasteiger partial charge >= 0.3 is 0 Å². The number of ether oxygens (including phenoxy) is 1. The molecule has 0 saturated heterocycles. The van der Waals surface area contributed by atoms with Crippen LogP contribution in [0.3, 0.4) is 0 Å². The van der Waals surface area contributed by atoms with Crippen LogP contribution in [0.25, 0.3) is 5.65 Å². The van der Waals surface area contributed by atoms with Gasteiger partial charge in [-0.15, -0.1) is 0 Å². The number of hydrogen-bond donors (Lipinski definition) is 2. The van der Waals surface area contributed by atoms with Crippen molar-refractivity contribution < 1.29 is 9.84 Å². The summed E-state index contributed by atoms with van der Waals surface area (Å²) >= 11 is 0. The Morgan fingerprint density at radius 2 is 2.32 bits per heavy atom. The molecule has 6 nitrogen and oxygen atoms in total. The number of methoxy groups -OCH3 is 1. The molecule has 0 aromatic carbocycles. The average molecular weight is 264 g/mol. The van der Waals surface area contributed by atoms with E-state index in [9.17, 15) is 5.11 Å². The van der Waals surface area contributed by atoms with Crippen molar-refractivity contribution in [2.24, 2.45) is 5.73 Å². The van der Waals surface area contributed by atoms with Crippen LogP contribution in [-0.4, -0.2) is 47.9 Å². The predicted molar refractivity (Wildman–Crippen MR) is 74.2 cm³/mol. The van der Waals surface area contributed by atoms with Gasteiger partial charge in [0.1, 0.15) is 5.65 Å². The standard InChI is InChI=1S/C13H20N4O2/c1-16(8-10(18)9-19-2)13-11(7-14)17-6-4-3-5-12(17)15-13/h3-6,10,18H,7-9,14H2,1-2H3. The van der Waals surface area contributed by atoms with E-state index in [1.165, 1.54) is 0 Å². The lowest BCUT2D eigenvalue weighted by atomic mass is 10.3. The monoisotopic (exact) mass is 264 g/mol. The molecule has 1 atom stereocenters. The van der Waals surface area contributed by atoms with E-state index in [2.05, 4.69) is 4.98 Å². The molecule has 0 radical (unpaired) electrons. The van der Waals surface area contributed by atoms with Crippen LogP contribution >= 0.6 is 0 Å². The van der Waals surface area contributed by atoms with Gasteiger partial charge in [-0.2, -0.15) is 0 Å². The van der Waals surface area contributed by atoms with Gasteiger partial charge in [0.2, 0.25) is 0 Å². The Kier molecular flexibility index (Phi) is 4.36. The summed E-state index contributed by atoms with van der Waals surface area (Å²) in [7, 11) is 3.46. The van der Waals surface area contributed by atoms with E-state index < -0.39 is 6.10 Å². The highest BCUT2D eigenvalue weighted by Gasteiger charge is 2.16. The molecule has 2 rings (SSSR count). The molecule has 2 aromatic rings. The molecule has 0 aliphatic rings. The Morgan fingerprint density at radius 1 is 1.53 bits per heavy atom. The highest BCUT2D eigenvalue weighted by molar-refractivity contribution is 5.55. The number of imidazole rings is 1. The van der Waals surface area contributed by atoms with Gasteiger partial charge in [-0.25, -0.2) is 4.98 Å². The second-order valence-electron chi connectivity index (χ2n) is 4.50. The number of pyridine rings is 1. The van der Waals surface area contributed by atoms with Crippen molar-refractivity contribution in [3.63, 3.8) is 0 Å². The molecule has 0 aliphatic heterocycles. The fourth-order valence-electron chi connectivity index (χ4n) is 2.18. The molecule has 6 heteroatoms. The summed E-state index contributed by atoms with van der Waals surface area (Å²) in [6, 6.07) is 5.81. The minimum Gasteiger partial charge on any atom is -0.389 e. The highest BCUT2D eigenvalue weighted by atomic mass is 16.5. The van der Waals surface area contributed by atoms with E-state index in [1.54, 1.807) is 7.11 Å². The fraction of sp³-hybridized carbons (Fsp3) is 0.462. The maximum atomic E-state index is 9.79. The first-order chi connectivity index (χ1) is 9.17. The first-order valence-electron chi connectivity index (χ1n) is 6.21. The van der Waals surface area contributed by atoms with Crippen LogP contribution in [0.5, 0.6) is 0 Å². The topological polar surface area (TPSA) is 76.0 Å². The number of aliphatic hydroxyl groups is 1. The smallest absolute Gasteiger partial charge is 0.152 e. The molecule has 3 N–H and O–H groups in total. The maximum absolute atomic E-state index is 9.79. The number of aliphatic hydroxyl groups excluding tert-OH is 1. The van der Waals surface area contributed by atoms with Crippen LogP contribution in [0, 0.1) is 0 Å². The molecule has 0 spiro atoms. The van der Waals surface area contributed by atoms with Gasteiger partial charge in [-0.1, -0.05) is 6.07 Å². The first kappa shape index (κ1) is 13.8. The number of nitrogens with zero attached hydrogens (tertiary/aromatic N) is 3. The van der Waals surface area contributed by atoms with Crippen LogP contribution in [0.4, 0.5) is 5.82 Å². The van der Waals surface area contributed by atoms with Crippen LogP contribution in [0.2, 0.25) is 0 Å². The molecule has 0 saturated carbocycles. The molecule has 0 fully saturated rings. The lowest BCUT2D eigenvalue weighted by molar-refractivity contribution is 0.0694. The predicted octanol–water partition coefficient (Wildman–Crippen LogP) is 0.236. The molecule has 2 heterocycles. The van der Waals surface area contributed by atoms with E-state index in [0.29, 0.717) is 19.7 Å². The Labute approximate surface area is 112 Å². The van der Waals surface area contributed by atoms with Gasteiger partial charge in [-0.3, -0.25) is 0 Å². The van der Waals surface area contributed by atoms with Gasteiger partial charge in [-0.05, 0) is 12.1 Å². The van der Waals surface area contributed by atoms with Crippen molar-refractivity contribution in [1.82, 2.24) is 9.38 Å². The van der Waals surface area contributed by atoms with E-state index in [-0.39, 0.29) is 0 Å². The van der Waals surface area contributed by atoms with Crippen molar-refractivity contribution in [2.45, 2.75) is 12.6 Å². The zero-order chi connectivity index (χ0) is 13.8. The second kappa shape index (κ2) is 6.01. The lowest BCUT2D eigenvalue weighted by Gasteiger charge is -2.21. The molecular weight excluding hydrogens is 244 g/mol. The highest BCUT2D eigenvalue weighted by Crippen LogP contribution is 2.20. The zero-order valence-corrected chi connectivity index (χ0v) is 11.3. The van der Waals surface area contributed by atoms with Gasteiger partial charge in [0.25, 0.3) is 0 Å². The van der Waals surface area contributed by atoms with E-state index in [0.717, 1.165) is 17.2 Å². The summed E-state index contributed by atoms with van der Waals surface area (Å²) in [5.41, 5.74) is 7.60. The van der Waals surface area contributed by atoms with Crippen molar-refractivity contribution in [3.05, 3.63) is 30.1 Å². The summed E-state index contributed by atoms with van der Waals surface area (Å²) in [5, 5.41) is 9.79. The Morgan fingerprint density at radius 3 is 3.00 bits per heavy atom. The summed E-state index contributed by atoms with van der Waals surface area (Å²) in [6.07, 6.45) is 1.39. The molecular formula is C13H20N4O2. The largest absolute Gasteiger partial charge is 0.389 e. The van der Waals surface area contributed by atoms with E-state index in [4.69, 9.17) is 10.5 Å². The van der Waals surface area contributed by atoms with Gasteiger partial charge < -0.3 is 24.9 Å². The first-order valence-corrected chi connectivity index (χ1v) is 6.21. The van der Waals surface area contributed by atoms with Crippen LogP contribution < -0.4 is 10.6 Å². The number of nitrogens with two attached hydrogens (primary N) is 1. The third-order valence-corrected chi connectivity index (χ3v) is 3.01. The molecule has 0 amide bonds. The molecule has 0 aliphatic carbocycles. The number of fused-ring (bicyclic) bond motifs is 1. The summed E-state index contributed by atoms with van der Waals surface area (Å²) in [6.45, 7) is 1.14. The Bertz CT molecular complexity index is 540. The number of aromatic nitrogens is 2. The Balaban J connectivity index is 2.28. The minimum absolute atomic E-state index is 0.301. The molecule has 2 aromatic heterocycles. The fourth-order valence-corrected chi connectivity index (χ4v) is 2.18. The number of hydrogen-bond acceptors (Lipinski definition) is 5. The van der Waals surface area contributed by atoms with Gasteiger partial charge in [0.05, 0.1) is 18.4 Å². The van der Waals surface area contributed by atoms with Crippen molar-refractivity contribution >= 4 is 11.5 Å². The van der Waals surface area contributed by atoms with E-state index in [1.807, 2.05) is 40.7 Å². The summed E-state index contributed by atoms with van der Waals surface area (Å²) in [5.74, 6) is 0.795. The van der Waals surface area contributed by atoms with Crippen molar-refractivity contribution in [1.29, 1.82) is 0 Å². The van der Waals surface area contributed by atoms with Crippen LogP contribution in [0.1, 0.15) is 5.69 Å². The molecule has 0 bridgehead atoms. The third kappa shape index (κ3) is 2.86. The molecule has 19 heavy (non-hydrogen) atoms. The minimum atomic E-state index is -0.551. The zero-order valence-electron chi connectivity index (χ0n) is 11.3. The SMILES string of the molecule is COCC(O)CN(C)c1nc2ccccn2c1CN. The number of likely N-dealkylation sites (N-methyl/N-ethyl adjacent to an activating group) is 1. The maximum Gasteiger partial charge on any atom is 0.152 e. The van der Waals surface area contributed by atoms with Crippen LogP contribution in [-0.2, 0) is 11.3 Å². The normalized spacial score (nSPS) is 12.8. The quantitative estimate of drug-likeness (QED) is 0.781. The summed E-state index contributed by atoms with van der Waals surface area (Å²) in [4.78, 5) is 6.46. The van der Waals surface area contributed by atoms with Crippen molar-refractivity contribution in [3.8, 4) is 0 Å². The molecule has 1 unspecified atom stereocenters. The number of anilines is 1. The van der Waals surface area contributed by atoms with Crippen molar-refractivity contribution in [2.75, 3.05) is 32.2 Å². The number of rotatable bonds is 6. The average Bonchev–Trinajstić information content (AvgIpc) is 2.77. The second-order valence-corrected chi connectivity index (χ2v) is 4.50. The van der Waals surface area contributed by atoms with Crippen LogP contribution in [0.15, 0.2) is 24.4 Å². The third-order valence-electron chi connectivity index (χ3n) is 3.01. The van der Waals surface area contributed by atoms with E-state index >= 15 is 0 Å². The lowest BCUT2D eigenvalue weighted by Crippen LogP contribution is -2.32. The van der Waals surface area contributed by atoms with Gasteiger partial charge in [0.15, 0.2) is 5.82 Å². The van der Waals surface area contributed by atoms with Gasteiger partial charge in [0, 0.05) is 33.4 Å².